The summed E-state index contributed by atoms with van der Waals surface area (Å²) >= 11 is 0. The second kappa shape index (κ2) is 2.23. The predicted molar refractivity (Wildman–Crippen MR) is 54.6 cm³/mol. The zero-order chi connectivity index (χ0) is 9.05. The van der Waals surface area contributed by atoms with Gasteiger partial charge in [0.25, 0.3) is 0 Å². The van der Waals surface area contributed by atoms with Gasteiger partial charge in [0.2, 0.25) is 0 Å². The van der Waals surface area contributed by atoms with E-state index in [-0.39, 0.29) is 0 Å². The van der Waals surface area contributed by atoms with Crippen LogP contribution in [-0.4, -0.2) is 24.5 Å². The minimum atomic E-state index is 0.509. The van der Waals surface area contributed by atoms with Gasteiger partial charge >= 0.3 is 0 Å². The molecule has 3 saturated carbocycles. The third kappa shape index (κ3) is 0.839. The van der Waals surface area contributed by atoms with E-state index < -0.39 is 0 Å². The Morgan fingerprint density at radius 3 is 2.77 bits per heavy atom. The van der Waals surface area contributed by atoms with Crippen molar-refractivity contribution in [2.24, 2.45) is 27.2 Å². The molecule has 0 saturated heterocycles. The molecule has 1 aliphatic heterocycles. The zero-order valence-electron chi connectivity index (χ0n) is 8.38. The topological polar surface area (TPSA) is 24.7 Å². The molecule has 3 aliphatic carbocycles. The van der Waals surface area contributed by atoms with Gasteiger partial charge in [-0.1, -0.05) is 13.8 Å². The molecule has 2 unspecified atom stereocenters. The van der Waals surface area contributed by atoms with Crippen molar-refractivity contribution in [3.8, 4) is 0 Å². The molecule has 2 nitrogen and oxygen atoms in total. The summed E-state index contributed by atoms with van der Waals surface area (Å²) in [6.07, 6.45) is 2.56. The van der Waals surface area contributed by atoms with Crippen molar-refractivity contribution in [1.82, 2.24) is 0 Å². The van der Waals surface area contributed by atoms with Crippen molar-refractivity contribution in [1.29, 1.82) is 0 Å². The zero-order valence-corrected chi connectivity index (χ0v) is 8.38. The predicted octanol–water partition coefficient (Wildman–Crippen LogP) is 1.95. The van der Waals surface area contributed by atoms with E-state index in [2.05, 4.69) is 23.8 Å². The highest BCUT2D eigenvalue weighted by molar-refractivity contribution is 6.44. The minimum absolute atomic E-state index is 0.509. The van der Waals surface area contributed by atoms with Gasteiger partial charge in [-0.25, -0.2) is 0 Å². The molecule has 0 aromatic rings. The summed E-state index contributed by atoms with van der Waals surface area (Å²) in [5, 5.41) is 0. The molecule has 2 bridgehead atoms. The number of hydrogen-bond donors (Lipinski definition) is 0. The number of aliphatic imine (C=N–C) groups is 2. The van der Waals surface area contributed by atoms with Gasteiger partial charge in [0.15, 0.2) is 0 Å². The first kappa shape index (κ1) is 7.72. The van der Waals surface area contributed by atoms with E-state index in [4.69, 9.17) is 0 Å². The van der Waals surface area contributed by atoms with Crippen molar-refractivity contribution in [3.05, 3.63) is 0 Å². The molecule has 0 radical (unpaired) electrons. The van der Waals surface area contributed by atoms with E-state index >= 15 is 0 Å². The maximum absolute atomic E-state index is 4.65. The van der Waals surface area contributed by atoms with E-state index in [1.165, 1.54) is 24.3 Å². The summed E-state index contributed by atoms with van der Waals surface area (Å²) in [6, 6.07) is 0. The summed E-state index contributed by atoms with van der Waals surface area (Å²) < 4.78 is 0. The highest BCUT2D eigenvalue weighted by Gasteiger charge is 2.55. The van der Waals surface area contributed by atoms with Crippen LogP contribution in [0.1, 0.15) is 26.7 Å². The van der Waals surface area contributed by atoms with Gasteiger partial charge in [-0.05, 0) is 24.2 Å². The molecule has 1 heterocycles. The molecule has 4 rings (SSSR count). The molecule has 0 spiro atoms. The Balaban J connectivity index is 2.00. The Labute approximate surface area is 79.2 Å². The highest BCUT2D eigenvalue weighted by Crippen LogP contribution is 2.57. The summed E-state index contributed by atoms with van der Waals surface area (Å²) in [4.78, 5) is 9.24. The first-order valence-corrected chi connectivity index (χ1v) is 5.27. The van der Waals surface area contributed by atoms with Gasteiger partial charge in [-0.15, -0.1) is 0 Å². The van der Waals surface area contributed by atoms with Crippen molar-refractivity contribution in [3.63, 3.8) is 0 Å². The monoisotopic (exact) mass is 176 g/mol. The number of rotatable bonds is 0. The fourth-order valence-corrected chi connectivity index (χ4v) is 3.07. The summed E-state index contributed by atoms with van der Waals surface area (Å²) in [5.74, 6) is 1.61. The molecule has 3 fully saturated rings. The molecule has 0 aromatic heterocycles. The molecule has 0 N–H and O–H groups in total. The van der Waals surface area contributed by atoms with Crippen molar-refractivity contribution in [2.45, 2.75) is 26.7 Å². The molecule has 0 amide bonds. The average molecular weight is 176 g/mol. The third-order valence-electron chi connectivity index (χ3n) is 4.22. The van der Waals surface area contributed by atoms with Crippen LogP contribution in [-0.2, 0) is 0 Å². The van der Waals surface area contributed by atoms with Gasteiger partial charge in [0.05, 0.1) is 24.5 Å². The van der Waals surface area contributed by atoms with Crippen LogP contribution in [0, 0.1) is 17.3 Å². The Morgan fingerprint density at radius 1 is 1.23 bits per heavy atom. The second-order valence-electron chi connectivity index (χ2n) is 5.11. The number of hydrogen-bond acceptors (Lipinski definition) is 2. The summed E-state index contributed by atoms with van der Waals surface area (Å²) in [6.45, 7) is 6.63. The lowest BCUT2D eigenvalue weighted by Crippen LogP contribution is -2.57. The molecule has 2 heteroatoms. The van der Waals surface area contributed by atoms with Crippen LogP contribution in [0.2, 0.25) is 0 Å². The van der Waals surface area contributed by atoms with Crippen molar-refractivity contribution in [2.75, 3.05) is 13.1 Å². The Morgan fingerprint density at radius 2 is 2.00 bits per heavy atom. The first-order valence-electron chi connectivity index (χ1n) is 5.27. The van der Waals surface area contributed by atoms with Gasteiger partial charge < -0.3 is 0 Å². The van der Waals surface area contributed by atoms with Crippen molar-refractivity contribution >= 4 is 11.4 Å². The first-order chi connectivity index (χ1) is 6.19. The molecule has 0 aromatic carbocycles. The maximum Gasteiger partial charge on any atom is 0.0595 e. The average Bonchev–Trinajstić information content (AvgIpc) is 2.16. The largest absolute Gasteiger partial charge is 0.286 e. The van der Waals surface area contributed by atoms with E-state index in [0.717, 1.165) is 24.9 Å². The maximum atomic E-state index is 4.65. The molecule has 2 atom stereocenters. The van der Waals surface area contributed by atoms with Crippen LogP contribution >= 0.6 is 0 Å². The van der Waals surface area contributed by atoms with Crippen LogP contribution in [0.15, 0.2) is 9.98 Å². The fraction of sp³-hybridized carbons (Fsp3) is 0.818. The van der Waals surface area contributed by atoms with Gasteiger partial charge in [-0.3, -0.25) is 9.98 Å². The second-order valence-corrected chi connectivity index (χ2v) is 5.11. The van der Waals surface area contributed by atoms with Gasteiger partial charge in [0.1, 0.15) is 0 Å². The third-order valence-corrected chi connectivity index (χ3v) is 4.22. The van der Waals surface area contributed by atoms with E-state index in [1.54, 1.807) is 0 Å². The lowest BCUT2D eigenvalue weighted by molar-refractivity contribution is 0.0232. The molecular formula is C11H16N2. The lowest BCUT2D eigenvalue weighted by Gasteiger charge is -2.57. The van der Waals surface area contributed by atoms with Crippen LogP contribution in [0.3, 0.4) is 0 Å². The Hall–Kier alpha value is -0.660. The van der Waals surface area contributed by atoms with E-state index in [9.17, 15) is 0 Å². The fourth-order valence-electron chi connectivity index (χ4n) is 3.07. The SMILES string of the molecule is CC1(C)C2CC3=NCCN=C3C1C2. The smallest absolute Gasteiger partial charge is 0.0595 e. The van der Waals surface area contributed by atoms with Crippen LogP contribution in [0.5, 0.6) is 0 Å². The van der Waals surface area contributed by atoms with Crippen LogP contribution in [0.25, 0.3) is 0 Å². The summed E-state index contributed by atoms with van der Waals surface area (Å²) in [5.41, 5.74) is 3.21. The van der Waals surface area contributed by atoms with Crippen LogP contribution < -0.4 is 0 Å². The molecule has 4 aliphatic rings. The highest BCUT2D eigenvalue weighted by atomic mass is 14.9. The molecule has 13 heavy (non-hydrogen) atoms. The molecular weight excluding hydrogens is 160 g/mol. The van der Waals surface area contributed by atoms with Crippen LogP contribution in [0.4, 0.5) is 0 Å². The Bertz CT molecular complexity index is 312. The lowest BCUT2D eigenvalue weighted by atomic mass is 9.47. The van der Waals surface area contributed by atoms with Gasteiger partial charge in [-0.2, -0.15) is 0 Å². The Kier molecular flexibility index (Phi) is 1.32. The quantitative estimate of drug-likeness (QED) is 0.539. The van der Waals surface area contributed by atoms with E-state index in [1.807, 2.05) is 0 Å². The number of nitrogens with zero attached hydrogens (tertiary/aromatic N) is 2. The minimum Gasteiger partial charge on any atom is -0.286 e. The van der Waals surface area contributed by atoms with Crippen molar-refractivity contribution < 1.29 is 0 Å². The van der Waals surface area contributed by atoms with Gasteiger partial charge in [0, 0.05) is 5.92 Å². The summed E-state index contributed by atoms with van der Waals surface area (Å²) in [7, 11) is 0. The van der Waals surface area contributed by atoms with E-state index in [0.29, 0.717) is 5.41 Å². The molecule has 70 valence electrons. The normalized spacial score (nSPS) is 39.8. The standard InChI is InChI=1S/C11H16N2/c1-11(2)7-5-8(11)10-9(6-7)12-3-4-13-10/h7-8H,3-6H2,1-2H3.